The Morgan fingerprint density at radius 3 is 1.42 bits per heavy atom. The Morgan fingerprint density at radius 2 is 1.09 bits per heavy atom. The van der Waals surface area contributed by atoms with Gasteiger partial charge in [0.1, 0.15) is 0 Å². The molecule has 0 fully saturated rings. The molecular formula is C31H30F2O10S2. The van der Waals surface area contributed by atoms with Crippen molar-refractivity contribution in [3.05, 3.63) is 45.7 Å². The monoisotopic (exact) mass is 664 g/mol. The van der Waals surface area contributed by atoms with E-state index in [1.54, 1.807) is 0 Å². The molecule has 2 N–H and O–H groups in total. The van der Waals surface area contributed by atoms with Gasteiger partial charge in [0, 0.05) is 51.6 Å². The minimum Gasteiger partial charge on any atom is -0.493 e. The van der Waals surface area contributed by atoms with Crippen LogP contribution in [0.2, 0.25) is 0 Å². The summed E-state index contributed by atoms with van der Waals surface area (Å²) < 4.78 is 53.7. The predicted octanol–water partition coefficient (Wildman–Crippen LogP) is 6.85. The summed E-state index contributed by atoms with van der Waals surface area (Å²) in [5.74, 6) is -6.46. The molecule has 0 spiro atoms. The highest BCUT2D eigenvalue weighted by atomic mass is 32.1. The second-order valence-corrected chi connectivity index (χ2v) is 12.4. The normalized spacial score (nSPS) is 12.6. The Hall–Kier alpha value is -4.30. The minimum atomic E-state index is -1.10. The van der Waals surface area contributed by atoms with Gasteiger partial charge in [-0.1, -0.05) is 13.8 Å². The van der Waals surface area contributed by atoms with E-state index in [2.05, 4.69) is 0 Å². The number of rotatable bonds is 16. The summed E-state index contributed by atoms with van der Waals surface area (Å²) in [6.07, 6.45) is -0.247. The van der Waals surface area contributed by atoms with Crippen LogP contribution in [-0.4, -0.2) is 61.2 Å². The Balaban J connectivity index is 1.44. The molecule has 0 amide bonds. The number of fused-ring (bicyclic) bond motifs is 2. The van der Waals surface area contributed by atoms with Crippen LogP contribution in [0.25, 0.3) is 20.2 Å². The summed E-state index contributed by atoms with van der Waals surface area (Å²) in [5.41, 5.74) is 0. The fraction of sp³-hybridized carbons (Fsp3) is 0.355. The van der Waals surface area contributed by atoms with Crippen molar-refractivity contribution in [3.8, 4) is 23.0 Å². The van der Waals surface area contributed by atoms with Gasteiger partial charge in [0.2, 0.25) is 0 Å². The quantitative estimate of drug-likeness (QED) is 0.0964. The van der Waals surface area contributed by atoms with Crippen molar-refractivity contribution in [1.29, 1.82) is 0 Å². The molecule has 14 heteroatoms. The lowest BCUT2D eigenvalue weighted by molar-refractivity contribution is -0.141. The van der Waals surface area contributed by atoms with Crippen LogP contribution in [0.4, 0.5) is 8.78 Å². The molecule has 0 aliphatic carbocycles. The minimum absolute atomic E-state index is 0.0458. The number of ether oxygens (including phenoxy) is 4. The smallest absolute Gasteiger partial charge is 0.306 e. The maximum Gasteiger partial charge on any atom is 0.306 e. The number of hydrogen-bond acceptors (Lipinski definition) is 10. The highest BCUT2D eigenvalue weighted by molar-refractivity contribution is 7.21. The van der Waals surface area contributed by atoms with E-state index in [9.17, 15) is 19.2 Å². The molecular weight excluding hydrogens is 634 g/mol. The van der Waals surface area contributed by atoms with Crippen molar-refractivity contribution in [2.75, 3.05) is 27.4 Å². The zero-order chi connectivity index (χ0) is 33.0. The number of benzene rings is 2. The number of carbonyl (C=O) groups excluding carboxylic acids is 2. The van der Waals surface area contributed by atoms with E-state index in [-0.39, 0.29) is 76.0 Å². The SMILES string of the molecule is COc1cc2sc(C(=O)C[C@H](C)C(=O)O)cc2c(F)c1OCCCOc1c(OC)cc2sc(C(=O)C[C@H](C)C(=O)O)cc2c1F. The molecule has 0 saturated heterocycles. The zero-order valence-electron chi connectivity index (χ0n) is 24.7. The molecule has 4 rings (SSSR count). The van der Waals surface area contributed by atoms with Crippen molar-refractivity contribution >= 4 is 66.4 Å². The van der Waals surface area contributed by atoms with Gasteiger partial charge < -0.3 is 29.2 Å². The Kier molecular flexibility index (Phi) is 10.6. The van der Waals surface area contributed by atoms with E-state index in [1.165, 1.54) is 52.3 Å². The molecule has 2 aromatic carbocycles. The topological polar surface area (TPSA) is 146 Å². The van der Waals surface area contributed by atoms with Crippen molar-refractivity contribution in [1.82, 2.24) is 0 Å². The summed E-state index contributed by atoms with van der Waals surface area (Å²) in [5, 5.41) is 18.4. The van der Waals surface area contributed by atoms with Crippen LogP contribution in [0.3, 0.4) is 0 Å². The highest BCUT2D eigenvalue weighted by Gasteiger charge is 2.24. The fourth-order valence-corrected chi connectivity index (χ4v) is 6.45. The number of halogens is 2. The maximum atomic E-state index is 15.5. The number of carboxylic acids is 2. The maximum absolute atomic E-state index is 15.5. The third kappa shape index (κ3) is 7.34. The summed E-state index contributed by atoms with van der Waals surface area (Å²) in [7, 11) is 2.68. The van der Waals surface area contributed by atoms with Crippen LogP contribution < -0.4 is 18.9 Å². The lowest BCUT2D eigenvalue weighted by atomic mass is 10.0. The molecule has 2 aromatic heterocycles. The van der Waals surface area contributed by atoms with Gasteiger partial charge in [-0.05, 0) is 12.1 Å². The molecule has 0 aliphatic rings. The number of thiophene rings is 2. The van der Waals surface area contributed by atoms with Crippen LogP contribution in [-0.2, 0) is 9.59 Å². The van der Waals surface area contributed by atoms with Crippen molar-refractivity contribution in [2.24, 2.45) is 11.8 Å². The van der Waals surface area contributed by atoms with Gasteiger partial charge in [-0.3, -0.25) is 19.2 Å². The lowest BCUT2D eigenvalue weighted by Gasteiger charge is -2.14. The van der Waals surface area contributed by atoms with Gasteiger partial charge >= 0.3 is 11.9 Å². The first-order chi connectivity index (χ1) is 21.4. The Bertz CT molecular complexity index is 1650. The standard InChI is InChI=1S/C31H30F2O10S2/c1-14(30(36)37)8-18(34)24-10-16-22(44-24)12-20(40-3)28(26(16)32)42-6-5-7-43-29-21(41-4)13-23-17(27(29)33)11-25(45-23)19(35)9-15(2)31(38)39/h10-15H,5-9H2,1-4H3,(H,36,37)(H,38,39)/t14-,15-/m0/s1. The van der Waals surface area contributed by atoms with Gasteiger partial charge in [-0.2, -0.15) is 0 Å². The summed E-state index contributed by atoms with van der Waals surface area (Å²) >= 11 is 2.05. The van der Waals surface area contributed by atoms with E-state index in [0.29, 0.717) is 9.40 Å². The van der Waals surface area contributed by atoms with Crippen LogP contribution in [0.5, 0.6) is 23.0 Å². The van der Waals surface area contributed by atoms with Gasteiger partial charge in [0.15, 0.2) is 46.2 Å². The van der Waals surface area contributed by atoms with E-state index >= 15 is 8.78 Å². The number of hydrogen-bond donors (Lipinski definition) is 2. The second kappa shape index (κ2) is 14.2. The molecule has 2 heterocycles. The zero-order valence-corrected chi connectivity index (χ0v) is 26.4. The average Bonchev–Trinajstić information content (AvgIpc) is 3.63. The first-order valence-electron chi connectivity index (χ1n) is 13.7. The molecule has 4 aromatic rings. The van der Waals surface area contributed by atoms with E-state index in [4.69, 9.17) is 29.2 Å². The van der Waals surface area contributed by atoms with Gasteiger partial charge in [0.05, 0.1) is 49.0 Å². The van der Waals surface area contributed by atoms with E-state index in [0.717, 1.165) is 22.7 Å². The second-order valence-electron chi connectivity index (χ2n) is 10.3. The fourth-order valence-electron chi connectivity index (χ4n) is 4.38. The van der Waals surface area contributed by atoms with Crippen molar-refractivity contribution in [3.63, 3.8) is 0 Å². The van der Waals surface area contributed by atoms with Crippen molar-refractivity contribution < 1.29 is 57.1 Å². The third-order valence-electron chi connectivity index (χ3n) is 6.96. The molecule has 0 radical (unpaired) electrons. The molecule has 0 bridgehead atoms. The number of carbonyl (C=O) groups is 4. The van der Waals surface area contributed by atoms with Crippen molar-refractivity contribution in [2.45, 2.75) is 33.1 Å². The van der Waals surface area contributed by atoms with E-state index < -0.39 is 47.0 Å². The number of carboxylic acid groups (broad SMARTS) is 2. The summed E-state index contributed by atoms with van der Waals surface area (Å²) in [6, 6.07) is 5.79. The molecule has 2 atom stereocenters. The molecule has 0 unspecified atom stereocenters. The van der Waals surface area contributed by atoms with E-state index in [1.807, 2.05) is 0 Å². The molecule has 45 heavy (non-hydrogen) atoms. The highest BCUT2D eigenvalue weighted by Crippen LogP contribution is 2.42. The van der Waals surface area contributed by atoms with Crippen LogP contribution >= 0.6 is 22.7 Å². The first kappa shape index (κ1) is 33.6. The molecule has 0 aliphatic heterocycles. The molecule has 240 valence electrons. The molecule has 10 nitrogen and oxygen atoms in total. The number of Topliss-reactive ketones (excluding diaryl/α,β-unsaturated/α-hetero) is 2. The number of aliphatic carboxylic acids is 2. The van der Waals surface area contributed by atoms with Gasteiger partial charge in [-0.15, -0.1) is 22.7 Å². The summed E-state index contributed by atoms with van der Waals surface area (Å²) in [6.45, 7) is 2.75. The van der Waals surface area contributed by atoms with Crippen LogP contribution in [0, 0.1) is 23.5 Å². The van der Waals surface area contributed by atoms with Gasteiger partial charge in [0.25, 0.3) is 0 Å². The van der Waals surface area contributed by atoms with Gasteiger partial charge in [-0.25, -0.2) is 8.78 Å². The first-order valence-corrected chi connectivity index (χ1v) is 15.4. The summed E-state index contributed by atoms with van der Waals surface area (Å²) in [4.78, 5) is 47.8. The average molecular weight is 665 g/mol. The molecule has 0 saturated carbocycles. The Morgan fingerprint density at radius 1 is 0.711 bits per heavy atom. The Labute approximate surface area is 264 Å². The predicted molar refractivity (Wildman–Crippen MR) is 164 cm³/mol. The third-order valence-corrected chi connectivity index (χ3v) is 9.21. The van der Waals surface area contributed by atoms with Crippen LogP contribution in [0.1, 0.15) is 52.5 Å². The van der Waals surface area contributed by atoms with Crippen LogP contribution in [0.15, 0.2) is 24.3 Å². The lowest BCUT2D eigenvalue weighted by Crippen LogP contribution is -2.14. The largest absolute Gasteiger partial charge is 0.493 e. The number of ketones is 2. The number of methoxy groups -OCH3 is 2.